The molecule has 0 spiro atoms. The van der Waals surface area contributed by atoms with Gasteiger partial charge in [-0.05, 0) is 44.3 Å². The van der Waals surface area contributed by atoms with Crippen LogP contribution in [0.4, 0.5) is 5.00 Å². The van der Waals surface area contributed by atoms with Gasteiger partial charge in [0.1, 0.15) is 10.6 Å². The smallest absolute Gasteiger partial charge is 0.341 e. The van der Waals surface area contributed by atoms with E-state index in [4.69, 9.17) is 10.5 Å². The van der Waals surface area contributed by atoms with Crippen molar-refractivity contribution in [2.24, 2.45) is 5.92 Å². The number of ether oxygens (including phenoxy) is 1. The summed E-state index contributed by atoms with van der Waals surface area (Å²) in [7, 11) is 1.41. The SMILES string of the molecule is COC(=O)c1c(N)sc(CN2CCC(C)CC2)c1-c1ccc(C)cc1. The minimum absolute atomic E-state index is 0.358. The number of benzene rings is 1. The van der Waals surface area contributed by atoms with Crippen molar-refractivity contribution in [3.63, 3.8) is 0 Å². The summed E-state index contributed by atoms with van der Waals surface area (Å²) in [5.41, 5.74) is 9.88. The van der Waals surface area contributed by atoms with Gasteiger partial charge in [-0.25, -0.2) is 4.79 Å². The van der Waals surface area contributed by atoms with Crippen LogP contribution in [0.3, 0.4) is 0 Å². The number of carbonyl (C=O) groups excluding carboxylic acids is 1. The number of nitrogen functional groups attached to an aromatic ring is 1. The number of carbonyl (C=O) groups is 1. The van der Waals surface area contributed by atoms with Crippen molar-refractivity contribution in [2.45, 2.75) is 33.2 Å². The molecule has 0 saturated carbocycles. The third kappa shape index (κ3) is 3.88. The molecule has 2 heterocycles. The van der Waals surface area contributed by atoms with E-state index in [0.29, 0.717) is 10.6 Å². The first-order valence-corrected chi connectivity index (χ1v) is 9.60. The second kappa shape index (κ2) is 7.58. The first-order chi connectivity index (χ1) is 12.0. The summed E-state index contributed by atoms with van der Waals surface area (Å²) in [6, 6.07) is 8.25. The zero-order valence-corrected chi connectivity index (χ0v) is 16.0. The van der Waals surface area contributed by atoms with Crippen LogP contribution >= 0.6 is 11.3 Å². The van der Waals surface area contributed by atoms with Crippen molar-refractivity contribution >= 4 is 22.3 Å². The van der Waals surface area contributed by atoms with E-state index in [2.05, 4.69) is 43.0 Å². The van der Waals surface area contributed by atoms with Gasteiger partial charge >= 0.3 is 5.97 Å². The van der Waals surface area contributed by atoms with Crippen molar-refractivity contribution in [1.29, 1.82) is 0 Å². The Hall–Kier alpha value is -1.85. The highest BCUT2D eigenvalue weighted by Crippen LogP contribution is 2.40. The Morgan fingerprint density at radius 1 is 1.28 bits per heavy atom. The van der Waals surface area contributed by atoms with Crippen LogP contribution in [0, 0.1) is 12.8 Å². The van der Waals surface area contributed by atoms with Crippen LogP contribution in [-0.4, -0.2) is 31.1 Å². The lowest BCUT2D eigenvalue weighted by molar-refractivity contribution is 0.0603. The molecule has 4 nitrogen and oxygen atoms in total. The highest BCUT2D eigenvalue weighted by atomic mass is 32.1. The van der Waals surface area contributed by atoms with E-state index in [0.717, 1.165) is 41.6 Å². The Bertz CT molecular complexity index is 744. The predicted octanol–water partition coefficient (Wildman–Crippen LogP) is 4.32. The van der Waals surface area contributed by atoms with Crippen molar-refractivity contribution < 1.29 is 9.53 Å². The molecule has 134 valence electrons. The Balaban J connectivity index is 1.99. The van der Waals surface area contributed by atoms with Crippen LogP contribution in [0.1, 0.15) is 40.6 Å². The molecule has 0 atom stereocenters. The fourth-order valence-corrected chi connectivity index (χ4v) is 4.48. The molecule has 2 aromatic rings. The summed E-state index contributed by atoms with van der Waals surface area (Å²) in [5.74, 6) is 0.440. The lowest BCUT2D eigenvalue weighted by atomic mass is 9.97. The normalized spacial score (nSPS) is 16.1. The standard InChI is InChI=1S/C20H26N2O2S/c1-13-4-6-15(7-5-13)17-16(12-22-10-8-14(2)9-11-22)25-19(21)18(17)20(23)24-3/h4-7,14H,8-12,21H2,1-3H3. The molecular formula is C20H26N2O2S. The minimum Gasteiger partial charge on any atom is -0.465 e. The Labute approximate surface area is 153 Å². The zero-order chi connectivity index (χ0) is 18.0. The number of hydrogen-bond acceptors (Lipinski definition) is 5. The molecule has 2 N–H and O–H groups in total. The maximum atomic E-state index is 12.3. The maximum Gasteiger partial charge on any atom is 0.341 e. The third-order valence-corrected chi connectivity index (χ3v) is 5.99. The monoisotopic (exact) mass is 358 g/mol. The summed E-state index contributed by atoms with van der Waals surface area (Å²) in [4.78, 5) is 15.9. The van der Waals surface area contributed by atoms with Crippen LogP contribution < -0.4 is 5.73 Å². The Morgan fingerprint density at radius 2 is 1.92 bits per heavy atom. The molecule has 0 unspecified atom stereocenters. The molecule has 0 bridgehead atoms. The first-order valence-electron chi connectivity index (χ1n) is 8.78. The van der Waals surface area contributed by atoms with Gasteiger partial charge < -0.3 is 10.5 Å². The summed E-state index contributed by atoms with van der Waals surface area (Å²) in [5, 5.41) is 0.544. The first kappa shape index (κ1) is 18.0. The second-order valence-electron chi connectivity index (χ2n) is 6.96. The molecule has 3 rings (SSSR count). The quantitative estimate of drug-likeness (QED) is 0.827. The second-order valence-corrected chi connectivity index (χ2v) is 8.09. The summed E-state index contributed by atoms with van der Waals surface area (Å²) >= 11 is 1.51. The van der Waals surface area contributed by atoms with E-state index in [1.807, 2.05) is 0 Å². The van der Waals surface area contributed by atoms with E-state index in [1.165, 1.54) is 36.9 Å². The van der Waals surface area contributed by atoms with Gasteiger partial charge in [-0.2, -0.15) is 0 Å². The average Bonchev–Trinajstić information content (AvgIpc) is 2.93. The molecule has 1 aromatic carbocycles. The molecule has 1 aliphatic rings. The molecule has 0 aliphatic carbocycles. The molecule has 0 amide bonds. The summed E-state index contributed by atoms with van der Waals surface area (Å²) in [6.45, 7) is 7.40. The van der Waals surface area contributed by atoms with Crippen molar-refractivity contribution in [2.75, 3.05) is 25.9 Å². The van der Waals surface area contributed by atoms with Crippen LogP contribution in [-0.2, 0) is 11.3 Å². The van der Waals surface area contributed by atoms with Gasteiger partial charge in [0.25, 0.3) is 0 Å². The van der Waals surface area contributed by atoms with Gasteiger partial charge in [0, 0.05) is 17.0 Å². The minimum atomic E-state index is -0.358. The van der Waals surface area contributed by atoms with Crippen LogP contribution in [0.5, 0.6) is 0 Å². The number of piperidine rings is 1. The van der Waals surface area contributed by atoms with E-state index in [9.17, 15) is 4.79 Å². The zero-order valence-electron chi connectivity index (χ0n) is 15.2. The topological polar surface area (TPSA) is 55.6 Å². The molecule has 1 saturated heterocycles. The van der Waals surface area contributed by atoms with Crippen LogP contribution in [0.15, 0.2) is 24.3 Å². The molecule has 0 radical (unpaired) electrons. The van der Waals surface area contributed by atoms with Crippen molar-refractivity contribution in [3.8, 4) is 11.1 Å². The van der Waals surface area contributed by atoms with Gasteiger partial charge in [-0.1, -0.05) is 36.8 Å². The molecule has 25 heavy (non-hydrogen) atoms. The van der Waals surface area contributed by atoms with Crippen LogP contribution in [0.25, 0.3) is 11.1 Å². The maximum absolute atomic E-state index is 12.3. The van der Waals surface area contributed by atoms with Gasteiger partial charge in [0.05, 0.1) is 7.11 Å². The van der Waals surface area contributed by atoms with Crippen molar-refractivity contribution in [3.05, 3.63) is 40.3 Å². The van der Waals surface area contributed by atoms with Gasteiger partial charge in [0.15, 0.2) is 0 Å². The lowest BCUT2D eigenvalue weighted by Gasteiger charge is -2.30. The van der Waals surface area contributed by atoms with Crippen molar-refractivity contribution in [1.82, 2.24) is 4.90 Å². The highest BCUT2D eigenvalue weighted by molar-refractivity contribution is 7.17. The summed E-state index contributed by atoms with van der Waals surface area (Å²) in [6.07, 6.45) is 2.45. The van der Waals surface area contributed by atoms with Gasteiger partial charge in [-0.3, -0.25) is 4.90 Å². The number of likely N-dealkylation sites (tertiary alicyclic amines) is 1. The molecular weight excluding hydrogens is 332 g/mol. The Morgan fingerprint density at radius 3 is 2.52 bits per heavy atom. The van der Waals surface area contributed by atoms with Crippen LogP contribution in [0.2, 0.25) is 0 Å². The number of aryl methyl sites for hydroxylation is 1. The Kier molecular flexibility index (Phi) is 5.45. The number of thiophene rings is 1. The fraction of sp³-hybridized carbons (Fsp3) is 0.450. The molecule has 1 aliphatic heterocycles. The van der Waals surface area contributed by atoms with E-state index >= 15 is 0 Å². The van der Waals surface area contributed by atoms with Gasteiger partial charge in [0.2, 0.25) is 0 Å². The molecule has 5 heteroatoms. The summed E-state index contributed by atoms with van der Waals surface area (Å²) < 4.78 is 4.99. The van der Waals surface area contributed by atoms with Gasteiger partial charge in [-0.15, -0.1) is 11.3 Å². The highest BCUT2D eigenvalue weighted by Gasteiger charge is 2.26. The molecule has 1 aromatic heterocycles. The van der Waals surface area contributed by atoms with E-state index < -0.39 is 0 Å². The average molecular weight is 359 g/mol. The largest absolute Gasteiger partial charge is 0.465 e. The van der Waals surface area contributed by atoms with E-state index in [-0.39, 0.29) is 5.97 Å². The fourth-order valence-electron chi connectivity index (χ4n) is 3.36. The molecule has 1 fully saturated rings. The number of anilines is 1. The number of nitrogens with two attached hydrogens (primary N) is 1. The lowest BCUT2D eigenvalue weighted by Crippen LogP contribution is -2.32. The third-order valence-electron chi connectivity index (χ3n) is 4.98. The number of rotatable bonds is 4. The number of methoxy groups -OCH3 is 1. The number of nitrogens with zero attached hydrogens (tertiary/aromatic N) is 1. The number of hydrogen-bond donors (Lipinski definition) is 1. The number of esters is 1. The predicted molar refractivity (Wildman–Crippen MR) is 104 cm³/mol. The van der Waals surface area contributed by atoms with E-state index in [1.54, 1.807) is 0 Å².